The summed E-state index contributed by atoms with van der Waals surface area (Å²) in [4.78, 5) is 9.75. The number of hydrogen-bond acceptors (Lipinski definition) is 2. The van der Waals surface area contributed by atoms with E-state index in [0.29, 0.717) is 5.69 Å². The molecule has 1 aliphatic rings. The lowest BCUT2D eigenvalue weighted by atomic mass is 9.98. The molecular weight excluding hydrogens is 623 g/mol. The van der Waals surface area contributed by atoms with Gasteiger partial charge in [0.2, 0.25) is 0 Å². The van der Waals surface area contributed by atoms with Crippen LogP contribution < -0.4 is 20.7 Å². The molecule has 0 amide bonds. The Morgan fingerprint density at radius 3 is 1.64 bits per heavy atom. The van der Waals surface area contributed by atoms with Crippen LogP contribution in [0.3, 0.4) is 0 Å². The fraction of sp³-hybridized carbons (Fsp3) is 0. The lowest BCUT2D eigenvalue weighted by Gasteiger charge is -2.31. The molecule has 3 aromatic heterocycles. The summed E-state index contributed by atoms with van der Waals surface area (Å²) in [6.45, 7) is 0. The standard InChI is InChI=1S/C46H31N3Si/c1-3-14-32(15-4-1)34-28-35(30-36(29-34)49-41-22-9-7-20-39(41)40-21-8-10-23-42(40)49)33-16-11-19-38(31-33)50(37-17-5-2-6-18-37)43-24-12-26-47-45(43)46-44(50)25-13-27-48-46/h1-31H/i7D,8D,9D,10D,20D,21D,22D,23D. The van der Waals surface area contributed by atoms with Gasteiger partial charge in [-0.3, -0.25) is 9.97 Å². The highest BCUT2D eigenvalue weighted by Crippen LogP contribution is 2.36. The average Bonchev–Trinajstić information content (AvgIpc) is 3.79. The maximum Gasteiger partial charge on any atom is 0.184 e. The fourth-order valence-corrected chi connectivity index (χ4v) is 12.8. The molecule has 4 heterocycles. The van der Waals surface area contributed by atoms with Gasteiger partial charge in [0.15, 0.2) is 8.07 Å². The van der Waals surface area contributed by atoms with E-state index >= 15 is 0 Å². The maximum atomic E-state index is 9.14. The van der Waals surface area contributed by atoms with Crippen molar-refractivity contribution in [2.24, 2.45) is 0 Å². The van der Waals surface area contributed by atoms with Crippen LogP contribution in [0.4, 0.5) is 0 Å². The zero-order valence-electron chi connectivity index (χ0n) is 34.6. The number of para-hydroxylation sites is 2. The van der Waals surface area contributed by atoms with Crippen molar-refractivity contribution in [3.05, 3.63) is 188 Å². The quantitative estimate of drug-likeness (QED) is 0.174. The first-order valence-electron chi connectivity index (χ1n) is 20.4. The number of pyridine rings is 2. The minimum absolute atomic E-state index is 0.0400. The van der Waals surface area contributed by atoms with E-state index in [9.17, 15) is 0 Å². The van der Waals surface area contributed by atoms with Crippen LogP contribution in [0.1, 0.15) is 11.0 Å². The van der Waals surface area contributed by atoms with Crippen molar-refractivity contribution in [3.8, 4) is 39.3 Å². The number of benzene rings is 6. The predicted molar refractivity (Wildman–Crippen MR) is 210 cm³/mol. The van der Waals surface area contributed by atoms with Gasteiger partial charge in [-0.25, -0.2) is 0 Å². The summed E-state index contributed by atoms with van der Waals surface area (Å²) in [6.07, 6.45) is 3.63. The van der Waals surface area contributed by atoms with Crippen molar-refractivity contribution in [1.82, 2.24) is 14.5 Å². The fourth-order valence-electron chi connectivity index (χ4n) is 7.73. The van der Waals surface area contributed by atoms with Gasteiger partial charge in [0, 0.05) is 28.9 Å². The Bertz CT molecular complexity index is 3050. The predicted octanol–water partition coefficient (Wildman–Crippen LogP) is 8.27. The summed E-state index contributed by atoms with van der Waals surface area (Å²) >= 11 is 0. The molecule has 0 atom stereocenters. The van der Waals surface area contributed by atoms with E-state index in [1.165, 1.54) is 5.19 Å². The lowest BCUT2D eigenvalue weighted by Crippen LogP contribution is -2.72. The number of hydrogen-bond donors (Lipinski definition) is 0. The smallest absolute Gasteiger partial charge is 0.184 e. The van der Waals surface area contributed by atoms with E-state index in [-0.39, 0.29) is 46.0 Å². The number of nitrogens with zero attached hydrogens (tertiary/aromatic N) is 3. The normalized spacial score (nSPS) is 15.2. The van der Waals surface area contributed by atoms with E-state index in [4.69, 9.17) is 20.9 Å². The molecule has 4 heteroatoms. The summed E-state index contributed by atoms with van der Waals surface area (Å²) in [5.41, 5.74) is 5.82. The molecule has 50 heavy (non-hydrogen) atoms. The van der Waals surface area contributed by atoms with Crippen molar-refractivity contribution in [2.45, 2.75) is 0 Å². The van der Waals surface area contributed by atoms with Crippen LogP contribution >= 0.6 is 0 Å². The van der Waals surface area contributed by atoms with Gasteiger partial charge in [-0.15, -0.1) is 0 Å². The molecule has 0 radical (unpaired) electrons. The molecule has 0 spiro atoms. The Hall–Kier alpha value is -6.36. The summed E-state index contributed by atoms with van der Waals surface area (Å²) in [7, 11) is -2.96. The van der Waals surface area contributed by atoms with Gasteiger partial charge in [0.1, 0.15) is 0 Å². The Labute approximate surface area is 303 Å². The van der Waals surface area contributed by atoms with E-state index in [2.05, 4.69) is 66.7 Å². The number of rotatable bonds is 5. The zero-order valence-corrected chi connectivity index (χ0v) is 27.6. The molecule has 10 rings (SSSR count). The van der Waals surface area contributed by atoms with Crippen molar-refractivity contribution in [2.75, 3.05) is 0 Å². The molecule has 234 valence electrons. The van der Waals surface area contributed by atoms with Crippen LogP contribution in [0, 0.1) is 0 Å². The van der Waals surface area contributed by atoms with E-state index < -0.39 is 32.2 Å². The van der Waals surface area contributed by atoms with Gasteiger partial charge >= 0.3 is 0 Å². The van der Waals surface area contributed by atoms with Crippen molar-refractivity contribution < 1.29 is 11.0 Å². The molecule has 0 saturated heterocycles. The van der Waals surface area contributed by atoms with Crippen LogP contribution in [0.15, 0.2) is 188 Å². The maximum absolute atomic E-state index is 9.14. The second-order valence-corrected chi connectivity index (χ2v) is 16.1. The lowest BCUT2D eigenvalue weighted by molar-refractivity contribution is 1.18. The number of aromatic nitrogens is 3. The molecule has 0 unspecified atom stereocenters. The van der Waals surface area contributed by atoms with Crippen LogP contribution in [-0.4, -0.2) is 22.6 Å². The molecule has 3 nitrogen and oxygen atoms in total. The highest BCUT2D eigenvalue weighted by Gasteiger charge is 2.50. The first kappa shape index (κ1) is 21.6. The second kappa shape index (κ2) is 11.4. The third kappa shape index (κ3) is 4.22. The van der Waals surface area contributed by atoms with Gasteiger partial charge < -0.3 is 4.57 Å². The Morgan fingerprint density at radius 2 is 1.00 bits per heavy atom. The van der Waals surface area contributed by atoms with Gasteiger partial charge in [-0.1, -0.05) is 133 Å². The Kier molecular flexibility index (Phi) is 4.91. The SMILES string of the molecule is [2H]c1c([2H])c([2H])c2c(c1[2H])c1c([2H])c([2H])c([2H])c([2H])c1n2-c1cc(-c2ccccc2)cc(-c2cccc([Si]3(c4ccccc4)c4cccnc4-c4ncccc43)c2)c1. The first-order chi connectivity index (χ1) is 28.1. The summed E-state index contributed by atoms with van der Waals surface area (Å²) in [5.74, 6) is 0. The molecule has 0 N–H and O–H groups in total. The third-order valence-electron chi connectivity index (χ3n) is 9.80. The van der Waals surface area contributed by atoms with E-state index in [1.807, 2.05) is 73.1 Å². The summed E-state index contributed by atoms with van der Waals surface area (Å²) < 4.78 is 72.2. The monoisotopic (exact) mass is 661 g/mol. The van der Waals surface area contributed by atoms with Crippen molar-refractivity contribution >= 4 is 50.6 Å². The highest BCUT2D eigenvalue weighted by molar-refractivity contribution is 7.22. The van der Waals surface area contributed by atoms with E-state index in [1.54, 1.807) is 4.57 Å². The van der Waals surface area contributed by atoms with Crippen LogP contribution in [0.2, 0.25) is 0 Å². The number of fused-ring (bicyclic) bond motifs is 6. The molecule has 6 aromatic carbocycles. The largest absolute Gasteiger partial charge is 0.309 e. The topological polar surface area (TPSA) is 30.7 Å². The van der Waals surface area contributed by atoms with Gasteiger partial charge in [0.25, 0.3) is 0 Å². The molecule has 0 aliphatic carbocycles. The second-order valence-electron chi connectivity index (χ2n) is 12.4. The zero-order chi connectivity index (χ0) is 40.0. The van der Waals surface area contributed by atoms with E-state index in [0.717, 1.165) is 49.2 Å². The highest BCUT2D eigenvalue weighted by atomic mass is 28.3. The summed E-state index contributed by atoms with van der Waals surface area (Å²) in [6, 6.07) is 39.9. The van der Waals surface area contributed by atoms with Gasteiger partial charge in [0.05, 0.1) is 33.4 Å². The molecule has 1 aliphatic heterocycles. The van der Waals surface area contributed by atoms with Gasteiger partial charge in [-0.05, 0) is 85.4 Å². The molecule has 0 bridgehead atoms. The minimum Gasteiger partial charge on any atom is -0.309 e. The Morgan fingerprint density at radius 1 is 0.460 bits per heavy atom. The van der Waals surface area contributed by atoms with Crippen LogP contribution in [0.5, 0.6) is 0 Å². The third-order valence-corrected chi connectivity index (χ3v) is 14.6. The molecule has 0 fully saturated rings. The molecule has 0 saturated carbocycles. The van der Waals surface area contributed by atoms with Crippen molar-refractivity contribution in [1.29, 1.82) is 0 Å². The van der Waals surface area contributed by atoms with Crippen LogP contribution in [-0.2, 0) is 0 Å². The summed E-state index contributed by atoms with van der Waals surface area (Å²) in [5, 5.41) is 4.71. The molecule has 9 aromatic rings. The van der Waals surface area contributed by atoms with Crippen molar-refractivity contribution in [3.63, 3.8) is 0 Å². The average molecular weight is 662 g/mol. The van der Waals surface area contributed by atoms with Gasteiger partial charge in [-0.2, -0.15) is 0 Å². The minimum atomic E-state index is -2.96. The Balaban J connectivity index is 1.30. The molecular formula is C46H31N3Si. The van der Waals surface area contributed by atoms with Crippen LogP contribution in [0.25, 0.3) is 61.1 Å². The first-order valence-corrected chi connectivity index (χ1v) is 18.4.